The number of rotatable bonds is 3. The molecule has 1 unspecified atom stereocenters. The molecule has 0 amide bonds. The molecule has 1 atom stereocenters. The minimum Gasteiger partial charge on any atom is -0.376 e. The predicted molar refractivity (Wildman–Crippen MR) is 77.3 cm³/mol. The molecule has 3 nitrogen and oxygen atoms in total. The molecule has 0 radical (unpaired) electrons. The van der Waals surface area contributed by atoms with E-state index in [0.717, 1.165) is 27.8 Å². The van der Waals surface area contributed by atoms with Gasteiger partial charge in [0, 0.05) is 10.6 Å². The van der Waals surface area contributed by atoms with Crippen molar-refractivity contribution in [3.05, 3.63) is 39.1 Å². The second kappa shape index (κ2) is 5.06. The molecule has 0 aliphatic heterocycles. The van der Waals surface area contributed by atoms with Gasteiger partial charge in [-0.25, -0.2) is 4.98 Å². The van der Waals surface area contributed by atoms with E-state index in [4.69, 9.17) is 0 Å². The van der Waals surface area contributed by atoms with Crippen molar-refractivity contribution in [1.29, 1.82) is 0 Å². The van der Waals surface area contributed by atoms with E-state index in [2.05, 4.69) is 35.2 Å². The van der Waals surface area contributed by atoms with Crippen molar-refractivity contribution in [2.45, 2.75) is 40.7 Å². The molecule has 2 heterocycles. The Bertz CT molecular complexity index is 560. The number of aromatic nitrogens is 2. The first-order valence-electron chi connectivity index (χ1n) is 6.12. The molecule has 4 heteroatoms. The number of pyridine rings is 1. The van der Waals surface area contributed by atoms with E-state index in [-0.39, 0.29) is 6.04 Å². The molecule has 0 aliphatic carbocycles. The third-order valence-electron chi connectivity index (χ3n) is 2.93. The van der Waals surface area contributed by atoms with Crippen LogP contribution in [0.3, 0.4) is 0 Å². The highest BCUT2D eigenvalue weighted by Crippen LogP contribution is 2.28. The number of hydrogen-bond acceptors (Lipinski definition) is 4. The first kappa shape index (κ1) is 13.0. The molecule has 1 N–H and O–H groups in total. The lowest BCUT2D eigenvalue weighted by molar-refractivity contribution is 0.883. The van der Waals surface area contributed by atoms with Gasteiger partial charge in [-0.3, -0.25) is 4.98 Å². The summed E-state index contributed by atoms with van der Waals surface area (Å²) in [4.78, 5) is 10.2. The Balaban J connectivity index is 2.21. The van der Waals surface area contributed by atoms with Gasteiger partial charge in [0.1, 0.15) is 0 Å². The molecule has 96 valence electrons. The van der Waals surface area contributed by atoms with Gasteiger partial charge in [0.2, 0.25) is 0 Å². The first-order chi connectivity index (χ1) is 8.47. The van der Waals surface area contributed by atoms with Crippen LogP contribution in [-0.2, 0) is 0 Å². The molecule has 2 rings (SSSR count). The van der Waals surface area contributed by atoms with E-state index in [9.17, 15) is 0 Å². The van der Waals surface area contributed by atoms with Crippen LogP contribution < -0.4 is 5.32 Å². The van der Waals surface area contributed by atoms with E-state index in [1.54, 1.807) is 11.3 Å². The molecule has 0 aliphatic rings. The lowest BCUT2D eigenvalue weighted by Gasteiger charge is -2.16. The number of hydrogen-bond donors (Lipinski definition) is 1. The molecule has 2 aromatic rings. The molecular formula is C14H19N3S. The number of aryl methyl sites for hydroxylation is 4. The summed E-state index contributed by atoms with van der Waals surface area (Å²) >= 11 is 1.76. The van der Waals surface area contributed by atoms with Crippen LogP contribution in [0.25, 0.3) is 0 Å². The van der Waals surface area contributed by atoms with Crippen LogP contribution in [0.5, 0.6) is 0 Å². The Kier molecular flexibility index (Phi) is 3.66. The number of thiazole rings is 1. The van der Waals surface area contributed by atoms with Crippen LogP contribution in [-0.4, -0.2) is 9.97 Å². The van der Waals surface area contributed by atoms with Gasteiger partial charge in [-0.1, -0.05) is 0 Å². The Morgan fingerprint density at radius 2 is 1.78 bits per heavy atom. The Morgan fingerprint density at radius 1 is 1.06 bits per heavy atom. The lowest BCUT2D eigenvalue weighted by atomic mass is 10.2. The maximum atomic E-state index is 4.47. The van der Waals surface area contributed by atoms with Gasteiger partial charge >= 0.3 is 0 Å². The Hall–Kier alpha value is -1.42. The zero-order valence-electron chi connectivity index (χ0n) is 11.5. The quantitative estimate of drug-likeness (QED) is 0.909. The van der Waals surface area contributed by atoms with Crippen LogP contribution in [0, 0.1) is 27.7 Å². The smallest absolute Gasteiger partial charge is 0.0900 e. The minimum atomic E-state index is 0.263. The molecule has 0 aromatic carbocycles. The van der Waals surface area contributed by atoms with Gasteiger partial charge < -0.3 is 5.32 Å². The summed E-state index contributed by atoms with van der Waals surface area (Å²) in [7, 11) is 0. The van der Waals surface area contributed by atoms with Gasteiger partial charge in [0.15, 0.2) is 0 Å². The summed E-state index contributed by atoms with van der Waals surface area (Å²) < 4.78 is 0. The average Bonchev–Trinajstić information content (AvgIpc) is 2.62. The van der Waals surface area contributed by atoms with E-state index >= 15 is 0 Å². The summed E-state index contributed by atoms with van der Waals surface area (Å²) in [5, 5.41) is 4.64. The molecule has 2 aromatic heterocycles. The first-order valence-corrected chi connectivity index (χ1v) is 6.93. The lowest BCUT2D eigenvalue weighted by Crippen LogP contribution is -2.08. The monoisotopic (exact) mass is 261 g/mol. The van der Waals surface area contributed by atoms with Crippen molar-refractivity contribution in [1.82, 2.24) is 9.97 Å². The second-order valence-corrected chi connectivity index (χ2v) is 5.87. The van der Waals surface area contributed by atoms with E-state index in [0.29, 0.717) is 0 Å². The van der Waals surface area contributed by atoms with Crippen molar-refractivity contribution < 1.29 is 0 Å². The zero-order chi connectivity index (χ0) is 13.3. The summed E-state index contributed by atoms with van der Waals surface area (Å²) in [6.07, 6.45) is 0. The molecule has 0 saturated heterocycles. The van der Waals surface area contributed by atoms with Gasteiger partial charge in [-0.05, 0) is 46.8 Å². The highest BCUT2D eigenvalue weighted by atomic mass is 32.1. The predicted octanol–water partition coefficient (Wildman–Crippen LogP) is 3.94. The SMILES string of the molecule is Cc1ccc(NC(C)c2sc(C)nc2C)c(C)n1. The van der Waals surface area contributed by atoms with Gasteiger partial charge in [-0.15, -0.1) is 11.3 Å². The van der Waals surface area contributed by atoms with Crippen molar-refractivity contribution in [3.8, 4) is 0 Å². The highest BCUT2D eigenvalue weighted by Gasteiger charge is 2.13. The zero-order valence-corrected chi connectivity index (χ0v) is 12.4. The summed E-state index contributed by atoms with van der Waals surface area (Å²) in [6, 6.07) is 4.39. The normalized spacial score (nSPS) is 12.5. The van der Waals surface area contributed by atoms with Crippen molar-refractivity contribution in [2.75, 3.05) is 5.32 Å². The van der Waals surface area contributed by atoms with Crippen molar-refractivity contribution in [2.24, 2.45) is 0 Å². The number of nitrogens with zero attached hydrogens (tertiary/aromatic N) is 2. The molecule has 0 spiro atoms. The summed E-state index contributed by atoms with van der Waals surface area (Å²) in [5.74, 6) is 0. The fourth-order valence-electron chi connectivity index (χ4n) is 2.09. The summed E-state index contributed by atoms with van der Waals surface area (Å²) in [5.41, 5.74) is 4.31. The summed E-state index contributed by atoms with van der Waals surface area (Å²) in [6.45, 7) is 10.3. The number of anilines is 1. The fourth-order valence-corrected chi connectivity index (χ4v) is 3.02. The molecule has 18 heavy (non-hydrogen) atoms. The standard InChI is InChI=1S/C14H19N3S/c1-8-6-7-13(9(2)15-8)17-11(4)14-10(3)16-12(5)18-14/h6-7,11,17H,1-5H3. The third-order valence-corrected chi connectivity index (χ3v) is 4.19. The highest BCUT2D eigenvalue weighted by molar-refractivity contribution is 7.11. The van der Waals surface area contributed by atoms with Crippen molar-refractivity contribution in [3.63, 3.8) is 0 Å². The van der Waals surface area contributed by atoms with Crippen LogP contribution in [0.2, 0.25) is 0 Å². The van der Waals surface area contributed by atoms with E-state index in [1.807, 2.05) is 26.8 Å². The minimum absolute atomic E-state index is 0.263. The molecular weight excluding hydrogens is 242 g/mol. The van der Waals surface area contributed by atoms with E-state index in [1.165, 1.54) is 4.88 Å². The Labute approximate surface area is 112 Å². The van der Waals surface area contributed by atoms with Crippen LogP contribution in [0.4, 0.5) is 5.69 Å². The largest absolute Gasteiger partial charge is 0.376 e. The van der Waals surface area contributed by atoms with Crippen LogP contribution >= 0.6 is 11.3 Å². The molecule has 0 fully saturated rings. The van der Waals surface area contributed by atoms with Crippen molar-refractivity contribution >= 4 is 17.0 Å². The van der Waals surface area contributed by atoms with Crippen LogP contribution in [0.1, 0.15) is 39.9 Å². The topological polar surface area (TPSA) is 37.8 Å². The maximum absolute atomic E-state index is 4.47. The van der Waals surface area contributed by atoms with E-state index < -0.39 is 0 Å². The van der Waals surface area contributed by atoms with Gasteiger partial charge in [0.05, 0.1) is 28.1 Å². The number of nitrogens with one attached hydrogen (secondary N) is 1. The average molecular weight is 261 g/mol. The van der Waals surface area contributed by atoms with Gasteiger partial charge in [-0.2, -0.15) is 0 Å². The van der Waals surface area contributed by atoms with Crippen LogP contribution in [0.15, 0.2) is 12.1 Å². The molecule has 0 bridgehead atoms. The Morgan fingerprint density at radius 3 is 2.33 bits per heavy atom. The molecule has 0 saturated carbocycles. The van der Waals surface area contributed by atoms with Gasteiger partial charge in [0.25, 0.3) is 0 Å². The maximum Gasteiger partial charge on any atom is 0.0900 e. The third kappa shape index (κ3) is 2.70. The fraction of sp³-hybridized carbons (Fsp3) is 0.429. The second-order valence-electron chi connectivity index (χ2n) is 4.63.